The Balaban J connectivity index is 0.00000210. The second kappa shape index (κ2) is 12.2. The van der Waals surface area contributed by atoms with Gasteiger partial charge < -0.3 is 14.8 Å². The monoisotopic (exact) mass is 483 g/mol. The molecule has 0 fully saturated rings. The zero-order chi connectivity index (χ0) is 26.0. The van der Waals surface area contributed by atoms with E-state index >= 15 is 0 Å². The fourth-order valence-electron chi connectivity index (χ4n) is 2.95. The number of alkyl halides is 3. The normalized spacial score (nSPS) is 10.3. The number of benzene rings is 3. The third-order valence-electron chi connectivity index (χ3n) is 4.46. The van der Waals surface area contributed by atoms with Gasteiger partial charge in [0.05, 0.1) is 23.8 Å². The topological polar surface area (TPSA) is 95.2 Å². The molecule has 35 heavy (non-hydrogen) atoms. The van der Waals surface area contributed by atoms with Gasteiger partial charge in [-0.2, -0.15) is 18.4 Å². The standard InChI is InChI=1S/C24H18F3N3O3.C2H6/c1-2-32-23(31)22(29)19-5-3-4-6-21(19)30-16-7-9-17(10-8-16)33-18-11-12-20(24(25,26)27)15(13-18)14-28;1-2/h3-13,29-30H,2H2,1H3;1-2H3. The Hall–Kier alpha value is -4.32. The molecule has 0 unspecified atom stereocenters. The summed E-state index contributed by atoms with van der Waals surface area (Å²) in [6.45, 7) is 5.82. The first-order chi connectivity index (χ1) is 16.7. The molecule has 0 spiro atoms. The summed E-state index contributed by atoms with van der Waals surface area (Å²) in [5.74, 6) is -0.297. The molecule has 3 aromatic carbocycles. The first-order valence-electron chi connectivity index (χ1n) is 10.7. The van der Waals surface area contributed by atoms with E-state index in [0.29, 0.717) is 22.7 Å². The van der Waals surface area contributed by atoms with Crippen LogP contribution in [0.25, 0.3) is 0 Å². The van der Waals surface area contributed by atoms with E-state index in [1.807, 2.05) is 13.8 Å². The van der Waals surface area contributed by atoms with E-state index in [0.717, 1.165) is 18.2 Å². The molecular formula is C26H24F3N3O3. The number of carbonyl (C=O) groups excluding carboxylic acids is 1. The van der Waals surface area contributed by atoms with Crippen molar-refractivity contribution in [1.29, 1.82) is 10.7 Å². The van der Waals surface area contributed by atoms with E-state index in [2.05, 4.69) is 5.32 Å². The van der Waals surface area contributed by atoms with E-state index in [4.69, 9.17) is 20.1 Å². The molecule has 2 N–H and O–H groups in total. The first kappa shape index (κ1) is 26.9. The summed E-state index contributed by atoms with van der Waals surface area (Å²) in [4.78, 5) is 11.9. The second-order valence-electron chi connectivity index (χ2n) is 6.71. The van der Waals surface area contributed by atoms with Gasteiger partial charge in [-0.05, 0) is 55.5 Å². The highest BCUT2D eigenvalue weighted by Gasteiger charge is 2.33. The van der Waals surface area contributed by atoms with Crippen molar-refractivity contribution in [1.82, 2.24) is 0 Å². The number of carbonyl (C=O) groups is 1. The number of hydrogen-bond donors (Lipinski definition) is 2. The smallest absolute Gasteiger partial charge is 0.417 e. The molecule has 9 heteroatoms. The Morgan fingerprint density at radius 2 is 1.66 bits per heavy atom. The van der Waals surface area contributed by atoms with Crippen LogP contribution in [0.1, 0.15) is 37.5 Å². The summed E-state index contributed by atoms with van der Waals surface area (Å²) < 4.78 is 49.3. The van der Waals surface area contributed by atoms with Crippen molar-refractivity contribution in [3.8, 4) is 17.6 Å². The molecule has 0 saturated carbocycles. The minimum atomic E-state index is -4.63. The number of rotatable bonds is 7. The lowest BCUT2D eigenvalue weighted by Crippen LogP contribution is -2.18. The molecule has 0 amide bonds. The fourth-order valence-corrected chi connectivity index (χ4v) is 2.95. The van der Waals surface area contributed by atoms with Crippen molar-refractivity contribution < 1.29 is 27.4 Å². The van der Waals surface area contributed by atoms with Gasteiger partial charge in [-0.3, -0.25) is 5.41 Å². The first-order valence-corrected chi connectivity index (χ1v) is 10.7. The van der Waals surface area contributed by atoms with Gasteiger partial charge >= 0.3 is 12.1 Å². The number of hydrogen-bond acceptors (Lipinski definition) is 6. The highest BCUT2D eigenvalue weighted by molar-refractivity contribution is 6.43. The van der Waals surface area contributed by atoms with Crippen LogP contribution in [0.5, 0.6) is 11.5 Å². The molecule has 0 aliphatic rings. The van der Waals surface area contributed by atoms with Crippen LogP contribution in [0, 0.1) is 16.7 Å². The summed E-state index contributed by atoms with van der Waals surface area (Å²) in [5.41, 5.74) is -0.328. The summed E-state index contributed by atoms with van der Waals surface area (Å²) in [6.07, 6.45) is -4.63. The zero-order valence-corrected chi connectivity index (χ0v) is 19.4. The summed E-state index contributed by atoms with van der Waals surface area (Å²) >= 11 is 0. The largest absolute Gasteiger partial charge is 0.461 e. The van der Waals surface area contributed by atoms with E-state index in [1.54, 1.807) is 55.5 Å². The molecule has 0 bridgehead atoms. The lowest BCUT2D eigenvalue weighted by Gasteiger charge is -2.13. The molecule has 0 radical (unpaired) electrons. The second-order valence-corrected chi connectivity index (χ2v) is 6.71. The van der Waals surface area contributed by atoms with Gasteiger partial charge in [0.1, 0.15) is 17.2 Å². The van der Waals surface area contributed by atoms with Crippen LogP contribution in [0.15, 0.2) is 66.7 Å². The predicted octanol–water partition coefficient (Wildman–Crippen LogP) is 7.07. The minimum Gasteiger partial charge on any atom is -0.461 e. The average molecular weight is 483 g/mol. The van der Waals surface area contributed by atoms with E-state index in [9.17, 15) is 18.0 Å². The average Bonchev–Trinajstić information content (AvgIpc) is 2.85. The number of esters is 1. The van der Waals surface area contributed by atoms with Crippen LogP contribution in [-0.4, -0.2) is 18.3 Å². The van der Waals surface area contributed by atoms with Gasteiger partial charge in [0.2, 0.25) is 0 Å². The van der Waals surface area contributed by atoms with Crippen molar-refractivity contribution in [2.75, 3.05) is 11.9 Å². The highest BCUT2D eigenvalue weighted by atomic mass is 19.4. The zero-order valence-electron chi connectivity index (χ0n) is 19.4. The Kier molecular flexibility index (Phi) is 9.41. The van der Waals surface area contributed by atoms with Crippen molar-refractivity contribution >= 4 is 23.1 Å². The lowest BCUT2D eigenvalue weighted by atomic mass is 10.1. The van der Waals surface area contributed by atoms with Crippen molar-refractivity contribution in [3.63, 3.8) is 0 Å². The van der Waals surface area contributed by atoms with Crippen molar-refractivity contribution in [2.45, 2.75) is 26.9 Å². The molecule has 182 valence electrons. The molecule has 0 heterocycles. The van der Waals surface area contributed by atoms with E-state index in [-0.39, 0.29) is 18.1 Å². The molecule has 6 nitrogen and oxygen atoms in total. The lowest BCUT2D eigenvalue weighted by molar-refractivity contribution is -0.138. The van der Waals surface area contributed by atoms with Gasteiger partial charge in [0.25, 0.3) is 0 Å². The highest BCUT2D eigenvalue weighted by Crippen LogP contribution is 2.34. The van der Waals surface area contributed by atoms with Gasteiger partial charge in [-0.25, -0.2) is 4.79 Å². The maximum Gasteiger partial charge on any atom is 0.417 e. The van der Waals surface area contributed by atoms with E-state index in [1.165, 1.54) is 6.07 Å². The number of halogens is 3. The van der Waals surface area contributed by atoms with Crippen LogP contribution >= 0.6 is 0 Å². The molecule has 0 atom stereocenters. The van der Waals surface area contributed by atoms with Crippen LogP contribution in [-0.2, 0) is 15.7 Å². The number of para-hydroxylation sites is 1. The Bertz CT molecular complexity index is 1220. The minimum absolute atomic E-state index is 0.0912. The fraction of sp³-hybridized carbons (Fsp3) is 0.192. The third kappa shape index (κ3) is 7.08. The quantitative estimate of drug-likeness (QED) is 0.277. The Labute approximate surface area is 201 Å². The van der Waals surface area contributed by atoms with Crippen molar-refractivity contribution in [2.24, 2.45) is 0 Å². The number of anilines is 2. The molecule has 0 saturated heterocycles. The number of nitrogens with one attached hydrogen (secondary N) is 2. The number of ether oxygens (including phenoxy) is 2. The molecule has 0 aliphatic heterocycles. The van der Waals surface area contributed by atoms with Crippen LogP contribution in [0.2, 0.25) is 0 Å². The molecular weight excluding hydrogens is 459 g/mol. The Morgan fingerprint density at radius 1 is 1.03 bits per heavy atom. The maximum atomic E-state index is 12.9. The van der Waals surface area contributed by atoms with Gasteiger partial charge in [-0.1, -0.05) is 32.0 Å². The molecule has 3 rings (SSSR count). The number of nitriles is 1. The SMILES string of the molecule is CC.CCOC(=O)C(=N)c1ccccc1Nc1ccc(Oc2ccc(C(F)(F)F)c(C#N)c2)cc1. The third-order valence-corrected chi connectivity index (χ3v) is 4.46. The van der Waals surface area contributed by atoms with Gasteiger partial charge in [0, 0.05) is 16.9 Å². The maximum absolute atomic E-state index is 12.9. The van der Waals surface area contributed by atoms with Crippen LogP contribution in [0.3, 0.4) is 0 Å². The number of nitrogens with zero attached hydrogens (tertiary/aromatic N) is 1. The Morgan fingerprint density at radius 3 is 2.26 bits per heavy atom. The summed E-state index contributed by atoms with van der Waals surface area (Å²) in [6, 6.07) is 17.8. The van der Waals surface area contributed by atoms with Crippen molar-refractivity contribution in [3.05, 3.63) is 83.4 Å². The predicted molar refractivity (Wildman–Crippen MR) is 127 cm³/mol. The van der Waals surface area contributed by atoms with Gasteiger partial charge in [-0.15, -0.1) is 0 Å². The summed E-state index contributed by atoms with van der Waals surface area (Å²) in [7, 11) is 0. The van der Waals surface area contributed by atoms with Crippen LogP contribution < -0.4 is 10.1 Å². The van der Waals surface area contributed by atoms with Gasteiger partial charge in [0.15, 0.2) is 0 Å². The molecule has 0 aromatic heterocycles. The van der Waals surface area contributed by atoms with Crippen LogP contribution in [0.4, 0.5) is 24.5 Å². The molecule has 3 aromatic rings. The van der Waals surface area contributed by atoms with E-state index < -0.39 is 23.3 Å². The summed E-state index contributed by atoms with van der Waals surface area (Å²) in [5, 5.41) is 20.2. The molecule has 0 aliphatic carbocycles.